The lowest BCUT2D eigenvalue weighted by Crippen LogP contribution is -2.32. The van der Waals surface area contributed by atoms with Crippen LogP contribution in [-0.4, -0.2) is 50.3 Å². The predicted octanol–water partition coefficient (Wildman–Crippen LogP) is 5.12. The molecule has 0 amide bonds. The van der Waals surface area contributed by atoms with Crippen molar-refractivity contribution in [1.82, 2.24) is 19.5 Å². The fourth-order valence-electron chi connectivity index (χ4n) is 4.04. The van der Waals surface area contributed by atoms with E-state index in [1.54, 1.807) is 28.8 Å². The van der Waals surface area contributed by atoms with Crippen LogP contribution in [0, 0.1) is 13.8 Å². The van der Waals surface area contributed by atoms with Crippen molar-refractivity contribution in [3.63, 3.8) is 0 Å². The summed E-state index contributed by atoms with van der Waals surface area (Å²) in [4.78, 5) is 37.9. The van der Waals surface area contributed by atoms with Crippen LogP contribution in [0.25, 0.3) is 11.2 Å². The molecule has 4 aromatic rings. The lowest BCUT2D eigenvalue weighted by molar-refractivity contribution is -0.0563. The second-order valence-corrected chi connectivity index (χ2v) is 9.44. The Labute approximate surface area is 222 Å². The van der Waals surface area contributed by atoms with Gasteiger partial charge in [-0.2, -0.15) is 4.98 Å². The van der Waals surface area contributed by atoms with Crippen LogP contribution in [0.1, 0.15) is 44.5 Å². The molecule has 2 aromatic heterocycles. The van der Waals surface area contributed by atoms with Gasteiger partial charge in [-0.3, -0.25) is 4.57 Å². The fourth-order valence-corrected chi connectivity index (χ4v) is 4.46. The Morgan fingerprint density at radius 3 is 2.24 bits per heavy atom. The minimum atomic E-state index is -0.737. The summed E-state index contributed by atoms with van der Waals surface area (Å²) < 4.78 is 19.2. The zero-order valence-corrected chi connectivity index (χ0v) is 21.4. The molecule has 1 saturated heterocycles. The van der Waals surface area contributed by atoms with Gasteiger partial charge in [-0.05, 0) is 49.7 Å². The van der Waals surface area contributed by atoms with Gasteiger partial charge in [0.25, 0.3) is 0 Å². The molecule has 1 aliphatic heterocycles. The van der Waals surface area contributed by atoms with Crippen LogP contribution in [0.4, 0.5) is 0 Å². The smallest absolute Gasteiger partial charge is 0.338 e. The monoisotopic (exact) mass is 540 g/mol. The minimum Gasteiger partial charge on any atom is -0.459 e. The number of carbonyl (C=O) groups excluding carboxylic acids is 2. The number of nitrogens with zero attached hydrogens (tertiary/aromatic N) is 4. The summed E-state index contributed by atoms with van der Waals surface area (Å²) in [5, 5.41) is 0.0702. The molecular formula is C26H22Cl2N4O5. The Hall–Kier alpha value is -3.53. The maximum Gasteiger partial charge on any atom is 0.338 e. The van der Waals surface area contributed by atoms with Crippen molar-refractivity contribution in [2.75, 3.05) is 6.61 Å². The van der Waals surface area contributed by atoms with Gasteiger partial charge in [0.15, 0.2) is 10.8 Å². The SMILES string of the molecule is Cc1ccc(C(=O)OC[C@H]2OC(n3cnc4c(Cl)nc(Cl)nc43)C[C@@H]2OC(=O)c2ccc(C)cc2)cc1. The molecule has 37 heavy (non-hydrogen) atoms. The van der Waals surface area contributed by atoms with Crippen LogP contribution in [0.2, 0.25) is 10.4 Å². The molecule has 0 radical (unpaired) electrons. The van der Waals surface area contributed by atoms with Gasteiger partial charge in [0.2, 0.25) is 5.28 Å². The molecule has 11 heteroatoms. The number of carbonyl (C=O) groups is 2. The molecule has 2 aromatic carbocycles. The topological polar surface area (TPSA) is 105 Å². The highest BCUT2D eigenvalue weighted by Crippen LogP contribution is 2.34. The van der Waals surface area contributed by atoms with E-state index < -0.39 is 30.4 Å². The zero-order chi connectivity index (χ0) is 26.1. The number of benzene rings is 2. The first-order valence-electron chi connectivity index (χ1n) is 11.5. The highest BCUT2D eigenvalue weighted by atomic mass is 35.5. The second-order valence-electron chi connectivity index (χ2n) is 8.75. The third kappa shape index (κ3) is 5.44. The molecule has 5 rings (SSSR count). The molecule has 0 N–H and O–H groups in total. The van der Waals surface area contributed by atoms with Crippen LogP contribution in [0.5, 0.6) is 0 Å². The zero-order valence-electron chi connectivity index (χ0n) is 19.9. The van der Waals surface area contributed by atoms with Gasteiger partial charge in [-0.25, -0.2) is 19.6 Å². The number of hydrogen-bond acceptors (Lipinski definition) is 8. The van der Waals surface area contributed by atoms with Gasteiger partial charge >= 0.3 is 11.9 Å². The standard InChI is InChI=1S/C26H22Cl2N4O5/c1-14-3-7-16(8-4-14)24(33)35-12-19-18(37-25(34)17-9-5-15(2)6-10-17)11-20(36-19)32-13-29-21-22(27)30-26(28)31-23(21)32/h3-10,13,18-20H,11-12H2,1-2H3/t18-,19+,20?/m0/s1. The first-order chi connectivity index (χ1) is 17.8. The van der Waals surface area contributed by atoms with E-state index in [1.807, 2.05) is 38.1 Å². The number of ether oxygens (including phenoxy) is 3. The first kappa shape index (κ1) is 25.1. The summed E-state index contributed by atoms with van der Waals surface area (Å²) in [6.45, 7) is 3.73. The summed E-state index contributed by atoms with van der Waals surface area (Å²) in [6, 6.07) is 14.1. The molecule has 3 heterocycles. The number of hydrogen-bond donors (Lipinski definition) is 0. The number of aromatic nitrogens is 4. The van der Waals surface area contributed by atoms with Crippen LogP contribution < -0.4 is 0 Å². The lowest BCUT2D eigenvalue weighted by atomic mass is 10.1. The summed E-state index contributed by atoms with van der Waals surface area (Å²) in [7, 11) is 0. The van der Waals surface area contributed by atoms with Crippen molar-refractivity contribution >= 4 is 46.3 Å². The van der Waals surface area contributed by atoms with E-state index in [0.717, 1.165) is 11.1 Å². The molecule has 3 atom stereocenters. The molecule has 0 spiro atoms. The minimum absolute atomic E-state index is 0.0387. The number of halogens is 2. The number of esters is 2. The van der Waals surface area contributed by atoms with Gasteiger partial charge in [0, 0.05) is 6.42 Å². The predicted molar refractivity (Wildman–Crippen MR) is 136 cm³/mol. The van der Waals surface area contributed by atoms with E-state index in [4.69, 9.17) is 37.4 Å². The highest BCUT2D eigenvalue weighted by Gasteiger charge is 2.40. The van der Waals surface area contributed by atoms with Crippen molar-refractivity contribution in [3.05, 3.63) is 87.5 Å². The number of imidazole rings is 1. The normalized spacial score (nSPS) is 19.2. The van der Waals surface area contributed by atoms with Crippen LogP contribution in [0.3, 0.4) is 0 Å². The molecule has 1 unspecified atom stereocenters. The van der Waals surface area contributed by atoms with Crippen molar-refractivity contribution in [2.24, 2.45) is 0 Å². The Balaban J connectivity index is 1.37. The Morgan fingerprint density at radius 1 is 0.973 bits per heavy atom. The van der Waals surface area contributed by atoms with E-state index in [0.29, 0.717) is 22.3 Å². The number of rotatable bonds is 6. The molecule has 0 bridgehead atoms. The van der Waals surface area contributed by atoms with E-state index in [9.17, 15) is 9.59 Å². The molecular weight excluding hydrogens is 519 g/mol. The Kier molecular flexibility index (Phi) is 7.10. The van der Waals surface area contributed by atoms with Crippen molar-refractivity contribution < 1.29 is 23.8 Å². The van der Waals surface area contributed by atoms with Crippen LogP contribution >= 0.6 is 23.2 Å². The molecule has 0 aliphatic carbocycles. The number of aryl methyl sites for hydroxylation is 2. The van der Waals surface area contributed by atoms with E-state index in [-0.39, 0.29) is 23.5 Å². The summed E-state index contributed by atoms with van der Waals surface area (Å²) in [5.74, 6) is -1.01. The maximum absolute atomic E-state index is 12.9. The van der Waals surface area contributed by atoms with Crippen LogP contribution in [0.15, 0.2) is 54.9 Å². The van der Waals surface area contributed by atoms with Gasteiger partial charge < -0.3 is 14.2 Å². The Bertz CT molecular complexity index is 1460. The molecule has 1 aliphatic rings. The molecule has 1 fully saturated rings. The van der Waals surface area contributed by atoms with Gasteiger partial charge in [0.1, 0.15) is 30.6 Å². The summed E-state index contributed by atoms with van der Waals surface area (Å²) in [6.07, 6.45) is -0.319. The number of fused-ring (bicyclic) bond motifs is 1. The first-order valence-corrected chi connectivity index (χ1v) is 12.3. The van der Waals surface area contributed by atoms with E-state index >= 15 is 0 Å². The Morgan fingerprint density at radius 2 is 1.59 bits per heavy atom. The van der Waals surface area contributed by atoms with Crippen molar-refractivity contribution in [3.8, 4) is 0 Å². The van der Waals surface area contributed by atoms with Crippen LogP contribution in [-0.2, 0) is 14.2 Å². The second kappa shape index (κ2) is 10.5. The largest absolute Gasteiger partial charge is 0.459 e. The molecule has 9 nitrogen and oxygen atoms in total. The van der Waals surface area contributed by atoms with Gasteiger partial charge in [-0.1, -0.05) is 47.0 Å². The quantitative estimate of drug-likeness (QED) is 0.188. The van der Waals surface area contributed by atoms with E-state index in [1.165, 1.54) is 6.33 Å². The molecule has 190 valence electrons. The van der Waals surface area contributed by atoms with Crippen molar-refractivity contribution in [1.29, 1.82) is 0 Å². The van der Waals surface area contributed by atoms with Gasteiger partial charge in [-0.15, -0.1) is 0 Å². The summed E-state index contributed by atoms with van der Waals surface area (Å²) >= 11 is 12.2. The maximum atomic E-state index is 12.9. The third-order valence-electron chi connectivity index (χ3n) is 6.05. The third-order valence-corrected chi connectivity index (χ3v) is 6.49. The lowest BCUT2D eigenvalue weighted by Gasteiger charge is -2.19. The fraction of sp³-hybridized carbons (Fsp3) is 0.269. The van der Waals surface area contributed by atoms with E-state index in [2.05, 4.69) is 15.0 Å². The van der Waals surface area contributed by atoms with Gasteiger partial charge in [0.05, 0.1) is 17.5 Å². The highest BCUT2D eigenvalue weighted by molar-refractivity contribution is 6.35. The average molecular weight is 541 g/mol. The average Bonchev–Trinajstić information content (AvgIpc) is 3.47. The summed E-state index contributed by atoms with van der Waals surface area (Å²) in [5.41, 5.74) is 3.60. The van der Waals surface area contributed by atoms with Crippen molar-refractivity contribution in [2.45, 2.75) is 38.7 Å². The molecule has 0 saturated carbocycles.